The largest absolute Gasteiger partial charge is 0.497 e. The van der Waals surface area contributed by atoms with Gasteiger partial charge in [0.15, 0.2) is 0 Å². The Balaban J connectivity index is 2.60. The van der Waals surface area contributed by atoms with Gasteiger partial charge < -0.3 is 14.8 Å². The summed E-state index contributed by atoms with van der Waals surface area (Å²) >= 11 is 1.90. The highest BCUT2D eigenvalue weighted by molar-refractivity contribution is 7.99. The molecule has 0 atom stereocenters. The fourth-order valence-corrected chi connectivity index (χ4v) is 2.21. The highest BCUT2D eigenvalue weighted by atomic mass is 32.2. The van der Waals surface area contributed by atoms with Crippen molar-refractivity contribution in [3.63, 3.8) is 0 Å². The van der Waals surface area contributed by atoms with Gasteiger partial charge in [-0.05, 0) is 36.9 Å². The van der Waals surface area contributed by atoms with Crippen molar-refractivity contribution in [2.75, 3.05) is 31.8 Å². The Hall–Kier alpha value is -0.870. The molecule has 0 aliphatic rings. The van der Waals surface area contributed by atoms with E-state index < -0.39 is 0 Å². The molecule has 1 aromatic rings. The highest BCUT2D eigenvalue weighted by Gasteiger charge is 2.05. The molecule has 1 aromatic carbocycles. The predicted molar refractivity (Wildman–Crippen MR) is 83.5 cm³/mol. The zero-order chi connectivity index (χ0) is 13.9. The van der Waals surface area contributed by atoms with Gasteiger partial charge in [-0.2, -0.15) is 11.8 Å². The summed E-state index contributed by atoms with van der Waals surface area (Å²) in [5, 5.41) is 3.40. The van der Waals surface area contributed by atoms with Crippen LogP contribution in [0.25, 0.3) is 0 Å². The average molecular weight is 283 g/mol. The summed E-state index contributed by atoms with van der Waals surface area (Å²) < 4.78 is 11.1. The Morgan fingerprint density at radius 1 is 1.26 bits per heavy atom. The monoisotopic (exact) mass is 283 g/mol. The van der Waals surface area contributed by atoms with Gasteiger partial charge in [0.1, 0.15) is 11.5 Å². The van der Waals surface area contributed by atoms with Gasteiger partial charge in [-0.25, -0.2) is 0 Å². The number of rotatable bonds is 10. The molecule has 0 saturated carbocycles. The molecule has 0 amide bonds. The van der Waals surface area contributed by atoms with E-state index in [1.165, 1.54) is 0 Å². The lowest BCUT2D eigenvalue weighted by Gasteiger charge is -2.13. The molecule has 0 aromatic heterocycles. The lowest BCUT2D eigenvalue weighted by molar-refractivity contribution is 0.337. The van der Waals surface area contributed by atoms with Crippen molar-refractivity contribution in [1.29, 1.82) is 0 Å². The summed E-state index contributed by atoms with van der Waals surface area (Å²) in [6.45, 7) is 6.92. The van der Waals surface area contributed by atoms with Gasteiger partial charge in [-0.1, -0.05) is 13.8 Å². The van der Waals surface area contributed by atoms with Gasteiger partial charge >= 0.3 is 0 Å². The second-order valence-electron chi connectivity index (χ2n) is 4.20. The molecule has 0 aliphatic heterocycles. The summed E-state index contributed by atoms with van der Waals surface area (Å²) in [4.78, 5) is 0. The van der Waals surface area contributed by atoms with Crippen LogP contribution < -0.4 is 14.8 Å². The minimum atomic E-state index is 0.756. The van der Waals surface area contributed by atoms with Crippen LogP contribution in [-0.2, 0) is 6.54 Å². The van der Waals surface area contributed by atoms with E-state index in [2.05, 4.69) is 19.2 Å². The first kappa shape index (κ1) is 16.2. The van der Waals surface area contributed by atoms with E-state index in [0.717, 1.165) is 54.7 Å². The SMILES string of the molecule is CCCNCc1cc(OC)ccc1OCCSCC. The van der Waals surface area contributed by atoms with Crippen LogP contribution in [0.3, 0.4) is 0 Å². The normalized spacial score (nSPS) is 10.5. The van der Waals surface area contributed by atoms with Gasteiger partial charge in [0.05, 0.1) is 13.7 Å². The fourth-order valence-electron chi connectivity index (χ4n) is 1.72. The van der Waals surface area contributed by atoms with E-state index in [0.29, 0.717) is 0 Å². The van der Waals surface area contributed by atoms with Crippen LogP contribution in [0, 0.1) is 0 Å². The van der Waals surface area contributed by atoms with Crippen LogP contribution in [0.15, 0.2) is 18.2 Å². The molecule has 19 heavy (non-hydrogen) atoms. The van der Waals surface area contributed by atoms with Crippen molar-refractivity contribution in [3.05, 3.63) is 23.8 Å². The van der Waals surface area contributed by atoms with Crippen molar-refractivity contribution < 1.29 is 9.47 Å². The van der Waals surface area contributed by atoms with E-state index >= 15 is 0 Å². The minimum Gasteiger partial charge on any atom is -0.497 e. The Morgan fingerprint density at radius 3 is 2.79 bits per heavy atom. The van der Waals surface area contributed by atoms with Gasteiger partial charge in [-0.3, -0.25) is 0 Å². The number of benzene rings is 1. The molecule has 1 N–H and O–H groups in total. The minimum absolute atomic E-state index is 0.756. The van der Waals surface area contributed by atoms with E-state index in [9.17, 15) is 0 Å². The first-order chi connectivity index (χ1) is 9.31. The molecular formula is C15H25NO2S. The third-order valence-corrected chi connectivity index (χ3v) is 3.56. The second-order valence-corrected chi connectivity index (χ2v) is 5.59. The number of ether oxygens (including phenoxy) is 2. The van der Waals surface area contributed by atoms with E-state index in [1.807, 2.05) is 30.0 Å². The summed E-state index contributed by atoms with van der Waals surface area (Å²) in [6, 6.07) is 6.00. The standard InChI is InChI=1S/C15H25NO2S/c1-4-8-16-12-13-11-14(17-3)6-7-15(13)18-9-10-19-5-2/h6-7,11,16H,4-5,8-10,12H2,1-3H3. The molecule has 0 spiro atoms. The quantitative estimate of drug-likeness (QED) is 0.667. The third kappa shape index (κ3) is 6.21. The lowest BCUT2D eigenvalue weighted by Crippen LogP contribution is -2.15. The molecule has 0 saturated heterocycles. The number of hydrogen-bond donors (Lipinski definition) is 1. The molecule has 0 heterocycles. The molecule has 0 aliphatic carbocycles. The number of methoxy groups -OCH3 is 1. The predicted octanol–water partition coefficient (Wildman–Crippen LogP) is 3.33. The van der Waals surface area contributed by atoms with Gasteiger partial charge in [0.2, 0.25) is 0 Å². The van der Waals surface area contributed by atoms with Gasteiger partial charge in [-0.15, -0.1) is 0 Å². The molecule has 4 heteroatoms. The summed E-state index contributed by atoms with van der Waals surface area (Å²) in [5.74, 6) is 4.01. The zero-order valence-corrected chi connectivity index (χ0v) is 13.0. The zero-order valence-electron chi connectivity index (χ0n) is 12.2. The average Bonchev–Trinajstić information content (AvgIpc) is 2.45. The van der Waals surface area contributed by atoms with Gasteiger partial charge in [0.25, 0.3) is 0 Å². The summed E-state index contributed by atoms with van der Waals surface area (Å²) in [7, 11) is 1.69. The maximum atomic E-state index is 5.85. The van der Waals surface area contributed by atoms with E-state index in [4.69, 9.17) is 9.47 Å². The molecule has 108 valence electrons. The van der Waals surface area contributed by atoms with Crippen molar-refractivity contribution in [3.8, 4) is 11.5 Å². The van der Waals surface area contributed by atoms with E-state index in [-0.39, 0.29) is 0 Å². The lowest BCUT2D eigenvalue weighted by atomic mass is 10.2. The fraction of sp³-hybridized carbons (Fsp3) is 0.600. The van der Waals surface area contributed by atoms with Crippen LogP contribution >= 0.6 is 11.8 Å². The number of hydrogen-bond acceptors (Lipinski definition) is 4. The molecule has 0 fully saturated rings. The van der Waals surface area contributed by atoms with Crippen molar-refractivity contribution in [1.82, 2.24) is 5.32 Å². The Labute approximate surface area is 121 Å². The maximum absolute atomic E-state index is 5.85. The van der Waals surface area contributed by atoms with Crippen LogP contribution in [0.1, 0.15) is 25.8 Å². The smallest absolute Gasteiger partial charge is 0.124 e. The van der Waals surface area contributed by atoms with Crippen molar-refractivity contribution >= 4 is 11.8 Å². The van der Waals surface area contributed by atoms with Crippen LogP contribution in [0.2, 0.25) is 0 Å². The highest BCUT2D eigenvalue weighted by Crippen LogP contribution is 2.24. The molecule has 0 unspecified atom stereocenters. The Morgan fingerprint density at radius 2 is 2.11 bits per heavy atom. The number of nitrogens with one attached hydrogen (secondary N) is 1. The topological polar surface area (TPSA) is 30.5 Å². The molecular weight excluding hydrogens is 258 g/mol. The maximum Gasteiger partial charge on any atom is 0.124 e. The molecule has 1 rings (SSSR count). The van der Waals surface area contributed by atoms with Crippen LogP contribution in [0.4, 0.5) is 0 Å². The first-order valence-electron chi connectivity index (χ1n) is 6.90. The number of thioether (sulfide) groups is 1. The molecule has 3 nitrogen and oxygen atoms in total. The molecule has 0 radical (unpaired) electrons. The Kier molecular flexibility index (Phi) is 8.50. The Bertz CT molecular complexity index is 358. The van der Waals surface area contributed by atoms with Gasteiger partial charge in [0, 0.05) is 17.9 Å². The first-order valence-corrected chi connectivity index (χ1v) is 8.05. The van der Waals surface area contributed by atoms with Crippen molar-refractivity contribution in [2.45, 2.75) is 26.8 Å². The summed E-state index contributed by atoms with van der Waals surface area (Å²) in [5.41, 5.74) is 1.16. The van der Waals surface area contributed by atoms with Crippen molar-refractivity contribution in [2.24, 2.45) is 0 Å². The summed E-state index contributed by atoms with van der Waals surface area (Å²) in [6.07, 6.45) is 1.13. The second kappa shape index (κ2) is 9.98. The van der Waals surface area contributed by atoms with E-state index in [1.54, 1.807) is 7.11 Å². The van der Waals surface area contributed by atoms with Crippen LogP contribution in [-0.4, -0.2) is 31.8 Å². The van der Waals surface area contributed by atoms with Crippen LogP contribution in [0.5, 0.6) is 11.5 Å². The molecule has 0 bridgehead atoms. The third-order valence-electron chi connectivity index (χ3n) is 2.70.